The summed E-state index contributed by atoms with van der Waals surface area (Å²) in [6.07, 6.45) is 0. The summed E-state index contributed by atoms with van der Waals surface area (Å²) in [6.45, 7) is 4.63. The summed E-state index contributed by atoms with van der Waals surface area (Å²) >= 11 is 1.50. The highest BCUT2D eigenvalue weighted by molar-refractivity contribution is 7.99. The number of fused-ring (bicyclic) bond motifs is 1. The molecule has 26 heavy (non-hydrogen) atoms. The maximum Gasteiger partial charge on any atom is 0.419 e. The molecule has 0 bridgehead atoms. The van der Waals surface area contributed by atoms with E-state index in [1.807, 2.05) is 30.3 Å². The van der Waals surface area contributed by atoms with Crippen LogP contribution in [0.25, 0.3) is 16.8 Å². The van der Waals surface area contributed by atoms with Gasteiger partial charge in [0.05, 0.1) is 11.2 Å². The van der Waals surface area contributed by atoms with Gasteiger partial charge in [0, 0.05) is 12.3 Å². The standard InChI is InChI=1S/C18H17N5O2S/c1-12-6-5-8-14(13(12)2)23-17(19-20-21-23)26-11-10-22-15-7-3-4-9-16(15)25-18(22)24/h3-9H,10-11H2,1-2H3. The van der Waals surface area contributed by atoms with E-state index in [1.54, 1.807) is 15.3 Å². The molecule has 0 N–H and O–H groups in total. The fraction of sp³-hybridized carbons (Fsp3) is 0.222. The molecule has 2 aromatic carbocycles. The third kappa shape index (κ3) is 2.92. The van der Waals surface area contributed by atoms with E-state index in [1.165, 1.54) is 17.3 Å². The van der Waals surface area contributed by atoms with Crippen LogP contribution in [0.4, 0.5) is 0 Å². The number of hydrogen-bond acceptors (Lipinski definition) is 6. The van der Waals surface area contributed by atoms with Gasteiger partial charge in [-0.3, -0.25) is 4.57 Å². The molecule has 0 radical (unpaired) electrons. The Bertz CT molecular complexity index is 1130. The van der Waals surface area contributed by atoms with Gasteiger partial charge in [-0.05, 0) is 53.6 Å². The SMILES string of the molecule is Cc1cccc(-n2nnnc2SCCn2c(=O)oc3ccccc32)c1C. The molecule has 0 spiro atoms. The van der Waals surface area contributed by atoms with E-state index in [0.717, 1.165) is 16.8 Å². The average molecular weight is 367 g/mol. The molecule has 2 heterocycles. The first-order valence-electron chi connectivity index (χ1n) is 8.21. The highest BCUT2D eigenvalue weighted by Crippen LogP contribution is 2.22. The van der Waals surface area contributed by atoms with Crippen molar-refractivity contribution in [1.29, 1.82) is 0 Å². The van der Waals surface area contributed by atoms with Gasteiger partial charge in [0.25, 0.3) is 0 Å². The van der Waals surface area contributed by atoms with Gasteiger partial charge in [0.2, 0.25) is 5.16 Å². The Morgan fingerprint density at radius 1 is 1.12 bits per heavy atom. The van der Waals surface area contributed by atoms with Crippen molar-refractivity contribution in [3.05, 3.63) is 64.1 Å². The largest absolute Gasteiger partial charge is 0.419 e. The number of aromatic nitrogens is 5. The average Bonchev–Trinajstić information content (AvgIpc) is 3.22. The van der Waals surface area contributed by atoms with E-state index in [2.05, 4.69) is 35.4 Å². The molecule has 0 aliphatic heterocycles. The smallest absolute Gasteiger partial charge is 0.408 e. The number of oxazole rings is 1. The molecule has 4 aromatic rings. The van der Waals surface area contributed by atoms with Crippen LogP contribution < -0.4 is 5.76 Å². The van der Waals surface area contributed by atoms with Crippen molar-refractivity contribution < 1.29 is 4.42 Å². The van der Waals surface area contributed by atoms with Gasteiger partial charge >= 0.3 is 5.76 Å². The number of benzene rings is 2. The van der Waals surface area contributed by atoms with Gasteiger partial charge in [-0.1, -0.05) is 36.0 Å². The van der Waals surface area contributed by atoms with Gasteiger partial charge in [0.15, 0.2) is 5.58 Å². The molecule has 0 saturated carbocycles. The maximum atomic E-state index is 12.0. The zero-order valence-corrected chi connectivity index (χ0v) is 15.2. The van der Waals surface area contributed by atoms with Crippen LogP contribution in [-0.2, 0) is 6.54 Å². The number of para-hydroxylation sites is 2. The fourth-order valence-electron chi connectivity index (χ4n) is 2.84. The lowest BCUT2D eigenvalue weighted by Crippen LogP contribution is -2.15. The number of rotatable bonds is 5. The topological polar surface area (TPSA) is 78.7 Å². The van der Waals surface area contributed by atoms with Crippen molar-refractivity contribution >= 4 is 22.9 Å². The molecule has 0 atom stereocenters. The van der Waals surface area contributed by atoms with Crippen molar-refractivity contribution in [1.82, 2.24) is 24.8 Å². The van der Waals surface area contributed by atoms with Crippen LogP contribution in [0.2, 0.25) is 0 Å². The second-order valence-corrected chi connectivity index (χ2v) is 6.99. The predicted molar refractivity (Wildman–Crippen MR) is 99.8 cm³/mol. The lowest BCUT2D eigenvalue weighted by molar-refractivity contribution is 0.514. The van der Waals surface area contributed by atoms with Gasteiger partial charge in [-0.15, -0.1) is 5.10 Å². The molecule has 7 nitrogen and oxygen atoms in total. The van der Waals surface area contributed by atoms with E-state index >= 15 is 0 Å². The molecule has 2 aromatic heterocycles. The summed E-state index contributed by atoms with van der Waals surface area (Å²) in [6, 6.07) is 13.5. The van der Waals surface area contributed by atoms with Crippen LogP contribution in [0.3, 0.4) is 0 Å². The Kier molecular flexibility index (Phi) is 4.34. The molecule has 0 unspecified atom stereocenters. The van der Waals surface area contributed by atoms with Gasteiger partial charge in [-0.2, -0.15) is 4.68 Å². The van der Waals surface area contributed by atoms with Crippen LogP contribution in [0.1, 0.15) is 11.1 Å². The van der Waals surface area contributed by atoms with Crippen LogP contribution in [0, 0.1) is 13.8 Å². The summed E-state index contributed by atoms with van der Waals surface area (Å²) in [5.41, 5.74) is 4.68. The van der Waals surface area contributed by atoms with Crippen molar-refractivity contribution in [2.24, 2.45) is 0 Å². The summed E-state index contributed by atoms with van der Waals surface area (Å²) < 4.78 is 8.63. The van der Waals surface area contributed by atoms with Crippen LogP contribution >= 0.6 is 11.8 Å². The Hall–Kier alpha value is -2.87. The highest BCUT2D eigenvalue weighted by atomic mass is 32.2. The molecule has 8 heteroatoms. The van der Waals surface area contributed by atoms with Crippen LogP contribution in [0.15, 0.2) is 56.8 Å². The molecular weight excluding hydrogens is 350 g/mol. The van der Waals surface area contributed by atoms with Gasteiger partial charge < -0.3 is 4.42 Å². The van der Waals surface area contributed by atoms with E-state index in [0.29, 0.717) is 23.0 Å². The van der Waals surface area contributed by atoms with Crippen molar-refractivity contribution in [2.45, 2.75) is 25.5 Å². The van der Waals surface area contributed by atoms with Crippen LogP contribution in [0.5, 0.6) is 0 Å². The molecule has 132 valence electrons. The van der Waals surface area contributed by atoms with Crippen molar-refractivity contribution in [3.63, 3.8) is 0 Å². The fourth-order valence-corrected chi connectivity index (χ4v) is 3.65. The zero-order chi connectivity index (χ0) is 18.1. The minimum atomic E-state index is -0.346. The Morgan fingerprint density at radius 2 is 1.96 bits per heavy atom. The monoisotopic (exact) mass is 367 g/mol. The lowest BCUT2D eigenvalue weighted by atomic mass is 10.1. The Balaban J connectivity index is 1.55. The minimum absolute atomic E-state index is 0.346. The first-order valence-corrected chi connectivity index (χ1v) is 9.20. The Morgan fingerprint density at radius 3 is 2.85 bits per heavy atom. The quantitative estimate of drug-likeness (QED) is 0.505. The number of nitrogens with zero attached hydrogens (tertiary/aromatic N) is 5. The molecule has 0 aliphatic rings. The van der Waals surface area contributed by atoms with E-state index in [-0.39, 0.29) is 5.76 Å². The second-order valence-electron chi connectivity index (χ2n) is 5.93. The first kappa shape index (κ1) is 16.6. The van der Waals surface area contributed by atoms with E-state index in [9.17, 15) is 4.79 Å². The maximum absolute atomic E-state index is 12.0. The summed E-state index contributed by atoms with van der Waals surface area (Å²) in [5, 5.41) is 12.7. The Labute approximate surface area is 153 Å². The second kappa shape index (κ2) is 6.80. The number of thioether (sulfide) groups is 1. The molecule has 0 aliphatic carbocycles. The molecule has 4 rings (SSSR count). The number of hydrogen-bond donors (Lipinski definition) is 0. The zero-order valence-electron chi connectivity index (χ0n) is 14.4. The lowest BCUT2D eigenvalue weighted by Gasteiger charge is -2.09. The van der Waals surface area contributed by atoms with Crippen molar-refractivity contribution in [2.75, 3.05) is 5.75 Å². The molecule has 0 fully saturated rings. The summed E-state index contributed by atoms with van der Waals surface area (Å²) in [7, 11) is 0. The van der Waals surface area contributed by atoms with Gasteiger partial charge in [-0.25, -0.2) is 4.79 Å². The molecular formula is C18H17N5O2S. The third-order valence-corrected chi connectivity index (χ3v) is 5.26. The number of aryl methyl sites for hydroxylation is 2. The third-order valence-electron chi connectivity index (χ3n) is 4.36. The molecule has 0 saturated heterocycles. The first-order chi connectivity index (χ1) is 12.6. The molecule has 0 amide bonds. The summed E-state index contributed by atoms with van der Waals surface area (Å²) in [5.74, 6) is 0.301. The predicted octanol–water partition coefficient (Wildman–Crippen LogP) is 2.98. The van der Waals surface area contributed by atoms with Gasteiger partial charge in [0.1, 0.15) is 0 Å². The van der Waals surface area contributed by atoms with E-state index in [4.69, 9.17) is 4.42 Å². The summed E-state index contributed by atoms with van der Waals surface area (Å²) in [4.78, 5) is 12.0. The van der Waals surface area contributed by atoms with Crippen molar-refractivity contribution in [3.8, 4) is 5.69 Å². The minimum Gasteiger partial charge on any atom is -0.408 e. The van der Waals surface area contributed by atoms with E-state index < -0.39 is 0 Å². The van der Waals surface area contributed by atoms with Crippen LogP contribution in [-0.4, -0.2) is 30.5 Å². The normalized spacial score (nSPS) is 11.3. The number of tetrazole rings is 1. The highest BCUT2D eigenvalue weighted by Gasteiger charge is 2.13.